The van der Waals surface area contributed by atoms with Crippen molar-refractivity contribution in [2.75, 3.05) is 0 Å². The molecule has 0 saturated heterocycles. The predicted octanol–water partition coefficient (Wildman–Crippen LogP) is 3.60. The first-order valence-electron chi connectivity index (χ1n) is 5.67. The van der Waals surface area contributed by atoms with E-state index in [0.29, 0.717) is 10.6 Å². The molecule has 1 atom stereocenters. The Bertz CT molecular complexity index is 665. The van der Waals surface area contributed by atoms with Crippen molar-refractivity contribution in [2.24, 2.45) is 0 Å². The van der Waals surface area contributed by atoms with Crippen LogP contribution >= 0.6 is 23.2 Å². The Kier molecular flexibility index (Phi) is 4.08. The second-order valence-electron chi connectivity index (χ2n) is 4.12. The average Bonchev–Trinajstić information content (AvgIpc) is 2.42. The highest BCUT2D eigenvalue weighted by Gasteiger charge is 2.19. The van der Waals surface area contributed by atoms with E-state index in [2.05, 4.69) is 0 Å². The van der Waals surface area contributed by atoms with Crippen LogP contribution in [-0.2, 0) is 0 Å². The minimum absolute atomic E-state index is 0.000196. The highest BCUT2D eigenvalue weighted by atomic mass is 35.5. The quantitative estimate of drug-likeness (QED) is 0.812. The summed E-state index contributed by atoms with van der Waals surface area (Å²) in [5, 5.41) is 0.317. The summed E-state index contributed by atoms with van der Waals surface area (Å²) in [6.07, 6.45) is 1.42. The number of halogens is 2. The van der Waals surface area contributed by atoms with Gasteiger partial charge in [-0.25, -0.2) is 0 Å². The molecule has 2 rings (SSSR count). The maximum atomic E-state index is 12.3. The molecule has 0 fully saturated rings. The van der Waals surface area contributed by atoms with E-state index in [1.807, 2.05) is 6.07 Å². The summed E-state index contributed by atoms with van der Waals surface area (Å²) in [4.78, 5) is 24.2. The van der Waals surface area contributed by atoms with Crippen LogP contribution in [0.5, 0.6) is 0 Å². The van der Waals surface area contributed by atoms with Gasteiger partial charge in [0.05, 0.1) is 11.1 Å². The van der Waals surface area contributed by atoms with Crippen LogP contribution in [-0.4, -0.2) is 10.4 Å². The monoisotopic (exact) mass is 295 g/mol. The standard InChI is InChI=1S/C14H11Cl2NO2/c1-9(13(18)10-5-3-2-4-6-10)17-8-11(15)7-12(16)14(17)19/h2-9H,1H3. The molecule has 0 aliphatic carbocycles. The molecule has 98 valence electrons. The number of Topliss-reactive ketones (excluding diaryl/α,β-unsaturated/α-hetero) is 1. The Morgan fingerprint density at radius 1 is 1.21 bits per heavy atom. The van der Waals surface area contributed by atoms with Gasteiger partial charge in [-0.3, -0.25) is 9.59 Å². The lowest BCUT2D eigenvalue weighted by Crippen LogP contribution is -2.28. The zero-order valence-corrected chi connectivity index (χ0v) is 11.7. The van der Waals surface area contributed by atoms with E-state index in [1.165, 1.54) is 16.8 Å². The van der Waals surface area contributed by atoms with Gasteiger partial charge in [0.1, 0.15) is 5.02 Å². The third-order valence-corrected chi connectivity index (χ3v) is 3.30. The van der Waals surface area contributed by atoms with E-state index >= 15 is 0 Å². The van der Waals surface area contributed by atoms with E-state index in [0.717, 1.165) is 0 Å². The van der Waals surface area contributed by atoms with E-state index in [-0.39, 0.29) is 10.8 Å². The van der Waals surface area contributed by atoms with Gasteiger partial charge >= 0.3 is 0 Å². The van der Waals surface area contributed by atoms with Gasteiger partial charge in [-0.2, -0.15) is 0 Å². The third kappa shape index (κ3) is 2.88. The zero-order chi connectivity index (χ0) is 14.0. The van der Waals surface area contributed by atoms with Crippen molar-refractivity contribution < 1.29 is 4.79 Å². The molecule has 0 radical (unpaired) electrons. The number of benzene rings is 1. The molecular weight excluding hydrogens is 285 g/mol. The van der Waals surface area contributed by atoms with Gasteiger partial charge in [0, 0.05) is 11.8 Å². The largest absolute Gasteiger partial charge is 0.302 e. The molecule has 3 nitrogen and oxygen atoms in total. The van der Waals surface area contributed by atoms with Crippen LogP contribution in [0.1, 0.15) is 23.3 Å². The molecular formula is C14H11Cl2NO2. The molecule has 0 aliphatic heterocycles. The number of nitrogens with zero attached hydrogens (tertiary/aromatic N) is 1. The molecule has 5 heteroatoms. The number of pyridine rings is 1. The van der Waals surface area contributed by atoms with Gasteiger partial charge in [-0.15, -0.1) is 0 Å². The molecule has 0 saturated carbocycles. The fraction of sp³-hybridized carbons (Fsp3) is 0.143. The lowest BCUT2D eigenvalue weighted by atomic mass is 10.1. The number of aromatic nitrogens is 1. The number of carbonyl (C=O) groups excluding carboxylic acids is 1. The first-order chi connectivity index (χ1) is 9.00. The van der Waals surface area contributed by atoms with Crippen LogP contribution in [0.2, 0.25) is 10.0 Å². The smallest absolute Gasteiger partial charge is 0.270 e. The molecule has 1 unspecified atom stereocenters. The lowest BCUT2D eigenvalue weighted by Gasteiger charge is -2.14. The summed E-state index contributed by atoms with van der Waals surface area (Å²) >= 11 is 11.6. The van der Waals surface area contributed by atoms with Crippen LogP contribution in [0.25, 0.3) is 0 Å². The Balaban J connectivity index is 2.43. The first-order valence-corrected chi connectivity index (χ1v) is 6.42. The Morgan fingerprint density at radius 2 is 1.84 bits per heavy atom. The van der Waals surface area contributed by atoms with Crippen molar-refractivity contribution in [1.29, 1.82) is 0 Å². The molecule has 0 bridgehead atoms. The van der Waals surface area contributed by atoms with Gasteiger partial charge in [0.2, 0.25) is 0 Å². The minimum Gasteiger partial charge on any atom is -0.302 e. The molecule has 0 spiro atoms. The number of rotatable bonds is 3. The maximum absolute atomic E-state index is 12.3. The molecule has 1 heterocycles. The summed E-state index contributed by atoms with van der Waals surface area (Å²) in [5.41, 5.74) is 0.112. The first kappa shape index (κ1) is 13.8. The van der Waals surface area contributed by atoms with Gasteiger partial charge < -0.3 is 4.57 Å². The minimum atomic E-state index is -0.661. The van der Waals surface area contributed by atoms with E-state index in [9.17, 15) is 9.59 Å². The summed E-state index contributed by atoms with van der Waals surface area (Å²) in [5.74, 6) is -0.166. The number of ketones is 1. The summed E-state index contributed by atoms with van der Waals surface area (Å²) in [7, 11) is 0. The number of hydrogen-bond donors (Lipinski definition) is 0. The number of hydrogen-bond acceptors (Lipinski definition) is 2. The highest BCUT2D eigenvalue weighted by Crippen LogP contribution is 2.17. The third-order valence-electron chi connectivity index (χ3n) is 2.82. The Morgan fingerprint density at radius 3 is 2.47 bits per heavy atom. The van der Waals surface area contributed by atoms with Gasteiger partial charge in [0.25, 0.3) is 5.56 Å². The van der Waals surface area contributed by atoms with Crippen LogP contribution < -0.4 is 5.56 Å². The van der Waals surface area contributed by atoms with Crippen LogP contribution in [0.4, 0.5) is 0 Å². The van der Waals surface area contributed by atoms with Crippen molar-refractivity contribution in [1.82, 2.24) is 4.57 Å². The van der Waals surface area contributed by atoms with E-state index in [4.69, 9.17) is 23.2 Å². The molecule has 1 aromatic heterocycles. The summed E-state index contributed by atoms with van der Waals surface area (Å²) in [6.45, 7) is 1.64. The molecule has 19 heavy (non-hydrogen) atoms. The molecule has 0 aliphatic rings. The molecule has 0 amide bonds. The van der Waals surface area contributed by atoms with Crippen molar-refractivity contribution in [3.8, 4) is 0 Å². The van der Waals surface area contributed by atoms with Crippen LogP contribution in [0.15, 0.2) is 47.4 Å². The van der Waals surface area contributed by atoms with Crippen molar-refractivity contribution in [3.05, 3.63) is 68.6 Å². The fourth-order valence-corrected chi connectivity index (χ4v) is 2.28. The van der Waals surface area contributed by atoms with Crippen molar-refractivity contribution >= 4 is 29.0 Å². The predicted molar refractivity (Wildman–Crippen MR) is 76.2 cm³/mol. The highest BCUT2D eigenvalue weighted by molar-refractivity contribution is 6.34. The molecule has 2 aromatic rings. The summed E-state index contributed by atoms with van der Waals surface area (Å²) < 4.78 is 1.25. The van der Waals surface area contributed by atoms with Gasteiger partial charge in [-0.05, 0) is 13.0 Å². The van der Waals surface area contributed by atoms with Crippen molar-refractivity contribution in [2.45, 2.75) is 13.0 Å². The topological polar surface area (TPSA) is 39.1 Å². The normalized spacial score (nSPS) is 12.2. The molecule has 0 N–H and O–H groups in total. The lowest BCUT2D eigenvalue weighted by molar-refractivity contribution is 0.0933. The van der Waals surface area contributed by atoms with Crippen LogP contribution in [0.3, 0.4) is 0 Å². The zero-order valence-electron chi connectivity index (χ0n) is 10.1. The second kappa shape index (κ2) is 5.59. The van der Waals surface area contributed by atoms with Gasteiger partial charge in [-0.1, -0.05) is 53.5 Å². The van der Waals surface area contributed by atoms with Crippen molar-refractivity contribution in [3.63, 3.8) is 0 Å². The maximum Gasteiger partial charge on any atom is 0.270 e. The second-order valence-corrected chi connectivity index (χ2v) is 4.97. The number of carbonyl (C=O) groups is 1. The Hall–Kier alpha value is -1.58. The SMILES string of the molecule is CC(C(=O)c1ccccc1)n1cc(Cl)cc(Cl)c1=O. The van der Waals surface area contributed by atoms with E-state index < -0.39 is 11.6 Å². The summed E-state index contributed by atoms with van der Waals surface area (Å²) in [6, 6.07) is 9.48. The fourth-order valence-electron chi connectivity index (χ4n) is 1.79. The van der Waals surface area contributed by atoms with E-state index in [1.54, 1.807) is 31.2 Å². The molecule has 1 aromatic carbocycles. The van der Waals surface area contributed by atoms with Gasteiger partial charge in [0.15, 0.2) is 5.78 Å². The Labute approximate surface area is 120 Å². The van der Waals surface area contributed by atoms with Crippen LogP contribution in [0, 0.1) is 0 Å². The average molecular weight is 296 g/mol.